The van der Waals surface area contributed by atoms with E-state index in [4.69, 9.17) is 9.72 Å². The van der Waals surface area contributed by atoms with E-state index >= 15 is 0 Å². The molecule has 0 radical (unpaired) electrons. The van der Waals surface area contributed by atoms with Crippen molar-refractivity contribution in [1.82, 2.24) is 29.5 Å². The number of aromatic nitrogens is 6. The highest BCUT2D eigenvalue weighted by atomic mass is 19.3. The van der Waals surface area contributed by atoms with Crippen LogP contribution in [-0.4, -0.2) is 61.3 Å². The number of rotatable bonds is 8. The average Bonchev–Trinajstić information content (AvgIpc) is 3.38. The van der Waals surface area contributed by atoms with Crippen LogP contribution in [0.5, 0.6) is 0 Å². The van der Waals surface area contributed by atoms with Crippen LogP contribution in [0.2, 0.25) is 0 Å². The van der Waals surface area contributed by atoms with Crippen LogP contribution in [0.15, 0.2) is 66.9 Å². The summed E-state index contributed by atoms with van der Waals surface area (Å²) in [5.41, 5.74) is 4.73. The number of fused-ring (bicyclic) bond motifs is 1. The summed E-state index contributed by atoms with van der Waals surface area (Å²) in [5, 5.41) is 3.48. The maximum Gasteiger partial charge on any atom is 0.296 e. The topological polar surface area (TPSA) is 93.9 Å². The van der Waals surface area contributed by atoms with Gasteiger partial charge in [0, 0.05) is 30.5 Å². The number of morpholine rings is 1. The lowest BCUT2D eigenvalue weighted by atomic mass is 9.89. The summed E-state index contributed by atoms with van der Waals surface area (Å²) < 4.78 is 35.3. The van der Waals surface area contributed by atoms with Crippen molar-refractivity contribution >= 4 is 22.9 Å². The minimum absolute atomic E-state index is 0.0847. The van der Waals surface area contributed by atoms with Gasteiger partial charge in [-0.3, -0.25) is 9.55 Å². The van der Waals surface area contributed by atoms with E-state index < -0.39 is 17.8 Å². The van der Waals surface area contributed by atoms with Gasteiger partial charge in [-0.2, -0.15) is 15.0 Å². The predicted molar refractivity (Wildman–Crippen MR) is 158 cm³/mol. The monoisotopic (exact) mass is 570 g/mol. The number of aryl methyl sites for hydroxylation is 1. The van der Waals surface area contributed by atoms with Gasteiger partial charge in [0.25, 0.3) is 6.43 Å². The normalized spacial score (nSPS) is 14.1. The summed E-state index contributed by atoms with van der Waals surface area (Å²) in [6, 6.07) is 19.3. The zero-order valence-corrected chi connectivity index (χ0v) is 23.8. The molecule has 1 N–H and O–H groups in total. The molecule has 216 valence electrons. The summed E-state index contributed by atoms with van der Waals surface area (Å²) in [6.07, 6.45) is -0.353. The summed E-state index contributed by atoms with van der Waals surface area (Å²) in [6.45, 7) is 8.32. The van der Waals surface area contributed by atoms with Gasteiger partial charge in [0.15, 0.2) is 5.82 Å². The molecule has 5 aromatic rings. The van der Waals surface area contributed by atoms with Crippen LogP contribution < -0.4 is 10.2 Å². The van der Waals surface area contributed by atoms with E-state index in [1.165, 1.54) is 4.57 Å². The first-order valence-electron chi connectivity index (χ1n) is 13.9. The molecule has 0 aliphatic carbocycles. The third-order valence-electron chi connectivity index (χ3n) is 7.20. The van der Waals surface area contributed by atoms with Crippen molar-refractivity contribution in [3.05, 3.63) is 83.9 Å². The Bertz CT molecular complexity index is 1710. The minimum atomic E-state index is -2.82. The number of halogens is 2. The average molecular weight is 571 g/mol. The van der Waals surface area contributed by atoms with Crippen LogP contribution in [0.4, 0.5) is 20.7 Å². The van der Waals surface area contributed by atoms with Gasteiger partial charge in [0.05, 0.1) is 24.2 Å². The van der Waals surface area contributed by atoms with Gasteiger partial charge in [-0.1, -0.05) is 36.4 Å². The fourth-order valence-corrected chi connectivity index (χ4v) is 5.31. The van der Waals surface area contributed by atoms with Crippen LogP contribution in [0.1, 0.15) is 37.4 Å². The number of hydrogen-bond donors (Lipinski definition) is 1. The number of nitrogens with zero attached hydrogens (tertiary/aromatic N) is 7. The van der Waals surface area contributed by atoms with Gasteiger partial charge in [-0.15, -0.1) is 0 Å². The van der Waals surface area contributed by atoms with Crippen molar-refractivity contribution in [2.24, 2.45) is 0 Å². The Labute approximate surface area is 242 Å². The number of pyridine rings is 1. The molecule has 6 rings (SSSR count). The Balaban J connectivity index is 1.40. The van der Waals surface area contributed by atoms with Crippen LogP contribution in [-0.2, 0) is 11.2 Å². The van der Waals surface area contributed by atoms with Crippen LogP contribution in [0.3, 0.4) is 0 Å². The molecule has 0 atom stereocenters. The SMILES string of the molecule is Cc1cc(-c2ccccc2CC(C)(C)Nc2nc(N3CCOCC3)nc(-n3c(C(F)F)nc4ccccc43)n2)ccn1. The number of alkyl halides is 2. The molecule has 4 heterocycles. The van der Waals surface area contributed by atoms with Gasteiger partial charge >= 0.3 is 0 Å². The van der Waals surface area contributed by atoms with Crippen molar-refractivity contribution < 1.29 is 13.5 Å². The molecule has 42 heavy (non-hydrogen) atoms. The number of imidazole rings is 1. The lowest BCUT2D eigenvalue weighted by Gasteiger charge is -2.30. The second kappa shape index (κ2) is 11.4. The van der Waals surface area contributed by atoms with Gasteiger partial charge in [0.2, 0.25) is 17.8 Å². The molecule has 1 saturated heterocycles. The second-order valence-corrected chi connectivity index (χ2v) is 11.0. The van der Waals surface area contributed by atoms with Crippen molar-refractivity contribution in [2.45, 2.75) is 39.2 Å². The Morgan fingerprint density at radius 1 is 0.929 bits per heavy atom. The summed E-state index contributed by atoms with van der Waals surface area (Å²) in [4.78, 5) is 24.6. The molecule has 0 amide bonds. The lowest BCUT2D eigenvalue weighted by Crippen LogP contribution is -2.39. The van der Waals surface area contributed by atoms with Crippen molar-refractivity contribution in [3.8, 4) is 17.1 Å². The first-order valence-corrected chi connectivity index (χ1v) is 13.9. The molecule has 11 heteroatoms. The smallest absolute Gasteiger partial charge is 0.296 e. The van der Waals surface area contributed by atoms with E-state index in [1.54, 1.807) is 24.3 Å². The van der Waals surface area contributed by atoms with Gasteiger partial charge in [0.1, 0.15) is 0 Å². The quantitative estimate of drug-likeness (QED) is 0.251. The van der Waals surface area contributed by atoms with Crippen molar-refractivity contribution in [1.29, 1.82) is 0 Å². The van der Waals surface area contributed by atoms with Gasteiger partial charge < -0.3 is 15.0 Å². The molecule has 1 fully saturated rings. The zero-order valence-electron chi connectivity index (χ0n) is 23.8. The molecule has 9 nitrogen and oxygen atoms in total. The molecule has 0 saturated carbocycles. The van der Waals surface area contributed by atoms with E-state index in [1.807, 2.05) is 36.2 Å². The lowest BCUT2D eigenvalue weighted by molar-refractivity contribution is 0.122. The number of hydrogen-bond acceptors (Lipinski definition) is 8. The molecule has 0 spiro atoms. The number of ether oxygens (including phenoxy) is 1. The Morgan fingerprint density at radius 3 is 2.45 bits per heavy atom. The first kappa shape index (κ1) is 27.6. The minimum Gasteiger partial charge on any atom is -0.378 e. The fraction of sp³-hybridized carbons (Fsp3) is 0.323. The molecule has 1 aliphatic rings. The molecule has 0 unspecified atom stereocenters. The molecule has 0 bridgehead atoms. The number of para-hydroxylation sites is 2. The highest BCUT2D eigenvalue weighted by Gasteiger charge is 2.27. The Kier molecular flexibility index (Phi) is 7.51. The van der Waals surface area contributed by atoms with Gasteiger partial charge in [-0.05, 0) is 68.1 Å². The molecule has 3 aromatic heterocycles. The summed E-state index contributed by atoms with van der Waals surface area (Å²) >= 11 is 0. The summed E-state index contributed by atoms with van der Waals surface area (Å²) in [7, 11) is 0. The Morgan fingerprint density at radius 2 is 1.67 bits per heavy atom. The van der Waals surface area contributed by atoms with Gasteiger partial charge in [-0.25, -0.2) is 13.8 Å². The van der Waals surface area contributed by atoms with Crippen molar-refractivity contribution in [2.75, 3.05) is 36.5 Å². The maximum atomic E-state index is 14.2. The van der Waals surface area contributed by atoms with E-state index in [-0.39, 0.29) is 5.95 Å². The van der Waals surface area contributed by atoms with E-state index in [9.17, 15) is 8.78 Å². The number of anilines is 2. The van der Waals surface area contributed by atoms with Crippen LogP contribution in [0, 0.1) is 6.92 Å². The van der Waals surface area contributed by atoms with E-state index in [2.05, 4.69) is 57.3 Å². The standard InChI is InChI=1S/C31H32F2N8O/c1-20-18-21(12-13-34-20)23-9-5-4-8-22(23)19-31(2,3)39-28-36-29(40-14-16-42-17-15-40)38-30(37-28)41-25-11-7-6-10-24(25)35-27(41)26(32)33/h4-13,18,26H,14-17,19H2,1-3H3,(H,36,37,38,39). The number of nitrogens with one attached hydrogen (secondary N) is 1. The fourth-order valence-electron chi connectivity index (χ4n) is 5.31. The van der Waals surface area contributed by atoms with E-state index in [0.29, 0.717) is 55.7 Å². The molecule has 2 aromatic carbocycles. The molecular weight excluding hydrogens is 538 g/mol. The maximum absolute atomic E-state index is 14.2. The molecule has 1 aliphatic heterocycles. The van der Waals surface area contributed by atoms with E-state index in [0.717, 1.165) is 22.4 Å². The third kappa shape index (κ3) is 5.78. The van der Waals surface area contributed by atoms with Crippen LogP contribution >= 0.6 is 0 Å². The van der Waals surface area contributed by atoms with Crippen molar-refractivity contribution in [3.63, 3.8) is 0 Å². The van der Waals surface area contributed by atoms with Crippen LogP contribution in [0.25, 0.3) is 28.1 Å². The zero-order chi connectivity index (χ0) is 29.3. The second-order valence-electron chi connectivity index (χ2n) is 11.0. The Hall–Kier alpha value is -4.51. The number of benzene rings is 2. The highest BCUT2D eigenvalue weighted by Crippen LogP contribution is 2.30. The predicted octanol–water partition coefficient (Wildman–Crippen LogP) is 5.79. The largest absolute Gasteiger partial charge is 0.378 e. The highest BCUT2D eigenvalue weighted by molar-refractivity contribution is 5.77. The first-order chi connectivity index (χ1) is 20.3. The third-order valence-corrected chi connectivity index (χ3v) is 7.20. The molecular formula is C31H32F2N8O. The summed E-state index contributed by atoms with van der Waals surface area (Å²) in [5.74, 6) is 0.359.